The number of carboxylic acid groups (broad SMARTS) is 1. The number of aliphatic hydroxyl groups excluding tert-OH is 1. The number of hydrogen-bond donors (Lipinski definition) is 2. The molecule has 1 aliphatic carbocycles. The van der Waals surface area contributed by atoms with Gasteiger partial charge in [-0.15, -0.1) is 0 Å². The molecular formula is C29H28F3N3O5. The number of nitrogens with zero attached hydrogens (tertiary/aromatic N) is 3. The number of hydrogen-bond acceptors (Lipinski definition) is 5. The number of furan rings is 1. The molecule has 40 heavy (non-hydrogen) atoms. The highest BCUT2D eigenvalue weighted by atomic mass is 19.4. The van der Waals surface area contributed by atoms with E-state index >= 15 is 0 Å². The highest BCUT2D eigenvalue weighted by Crippen LogP contribution is 2.50. The van der Waals surface area contributed by atoms with Gasteiger partial charge in [-0.25, -0.2) is 9.78 Å². The third-order valence-electron chi connectivity index (χ3n) is 7.21. The molecule has 1 fully saturated rings. The Labute approximate surface area is 227 Å². The lowest BCUT2D eigenvalue weighted by Gasteiger charge is -2.56. The van der Waals surface area contributed by atoms with Crippen LogP contribution in [0.3, 0.4) is 0 Å². The Morgan fingerprint density at radius 1 is 1.07 bits per heavy atom. The Morgan fingerprint density at radius 3 is 2.23 bits per heavy atom. The molecule has 210 valence electrons. The van der Waals surface area contributed by atoms with Crippen LogP contribution in [0.1, 0.15) is 39.2 Å². The van der Waals surface area contributed by atoms with Crippen LogP contribution in [-0.2, 0) is 12.1 Å². The topological polar surface area (TPSA) is 109 Å². The number of alkyl halides is 3. The molecule has 11 heteroatoms. The maximum Gasteiger partial charge on any atom is 0.408 e. The van der Waals surface area contributed by atoms with E-state index in [9.17, 15) is 33.0 Å². The molecule has 0 atom stereocenters. The van der Waals surface area contributed by atoms with Crippen LogP contribution >= 0.6 is 0 Å². The molecule has 2 heterocycles. The zero-order valence-corrected chi connectivity index (χ0v) is 22.1. The zero-order chi connectivity index (χ0) is 29.0. The molecule has 0 saturated heterocycles. The lowest BCUT2D eigenvalue weighted by molar-refractivity contribution is -0.141. The van der Waals surface area contributed by atoms with Crippen molar-refractivity contribution in [2.45, 2.75) is 63.5 Å². The highest BCUT2D eigenvalue weighted by Gasteiger charge is 2.54. The van der Waals surface area contributed by atoms with E-state index in [0.29, 0.717) is 26.8 Å². The van der Waals surface area contributed by atoms with Crippen molar-refractivity contribution in [3.05, 3.63) is 76.8 Å². The number of rotatable bonds is 5. The molecule has 2 aromatic heterocycles. The van der Waals surface area contributed by atoms with E-state index < -0.39 is 41.6 Å². The summed E-state index contributed by atoms with van der Waals surface area (Å²) >= 11 is 0. The fourth-order valence-electron chi connectivity index (χ4n) is 5.73. The second-order valence-electron chi connectivity index (χ2n) is 11.1. The monoisotopic (exact) mass is 555 g/mol. The first-order valence-electron chi connectivity index (χ1n) is 12.7. The van der Waals surface area contributed by atoms with Gasteiger partial charge in [0.15, 0.2) is 0 Å². The van der Waals surface area contributed by atoms with Crippen molar-refractivity contribution in [1.29, 1.82) is 0 Å². The Bertz CT molecular complexity index is 1610. The summed E-state index contributed by atoms with van der Waals surface area (Å²) < 4.78 is 45.9. The number of aromatic nitrogens is 2. The van der Waals surface area contributed by atoms with Crippen LogP contribution < -0.4 is 5.56 Å². The van der Waals surface area contributed by atoms with Gasteiger partial charge in [0, 0.05) is 29.5 Å². The summed E-state index contributed by atoms with van der Waals surface area (Å²) in [6.45, 7) is 3.89. The van der Waals surface area contributed by atoms with Crippen LogP contribution in [0.2, 0.25) is 0 Å². The van der Waals surface area contributed by atoms with Gasteiger partial charge in [0.05, 0.1) is 11.6 Å². The number of fused-ring (bicyclic) bond motifs is 1. The third-order valence-corrected chi connectivity index (χ3v) is 7.21. The third kappa shape index (κ3) is 4.74. The van der Waals surface area contributed by atoms with E-state index in [1.165, 1.54) is 4.90 Å². The lowest BCUT2D eigenvalue weighted by Crippen LogP contribution is -2.64. The van der Waals surface area contributed by atoms with Gasteiger partial charge in [-0.1, -0.05) is 54.6 Å². The molecule has 5 rings (SSSR count). The minimum absolute atomic E-state index is 0.0691. The van der Waals surface area contributed by atoms with Gasteiger partial charge in [0.1, 0.15) is 24.0 Å². The van der Waals surface area contributed by atoms with Crippen LogP contribution in [0.25, 0.3) is 33.6 Å². The number of amides is 1. The van der Waals surface area contributed by atoms with E-state index in [2.05, 4.69) is 4.98 Å². The smallest absolute Gasteiger partial charge is 0.408 e. The van der Waals surface area contributed by atoms with Gasteiger partial charge in [-0.2, -0.15) is 13.2 Å². The summed E-state index contributed by atoms with van der Waals surface area (Å²) in [6.07, 6.45) is -5.07. The van der Waals surface area contributed by atoms with Crippen molar-refractivity contribution < 1.29 is 32.6 Å². The number of halogens is 3. The molecule has 0 aliphatic heterocycles. The molecule has 2 N–H and O–H groups in total. The Kier molecular flexibility index (Phi) is 6.53. The molecule has 1 saturated carbocycles. The summed E-state index contributed by atoms with van der Waals surface area (Å²) in [4.78, 5) is 30.9. The Balaban J connectivity index is 1.66. The maximum atomic E-state index is 13.2. The second-order valence-corrected chi connectivity index (χ2v) is 11.1. The molecule has 1 amide bonds. The summed E-state index contributed by atoms with van der Waals surface area (Å²) in [7, 11) is 0. The van der Waals surface area contributed by atoms with Crippen molar-refractivity contribution >= 4 is 17.2 Å². The number of carbonyl (C=O) groups is 1. The van der Waals surface area contributed by atoms with Crippen molar-refractivity contribution in [2.75, 3.05) is 0 Å². The fourth-order valence-corrected chi connectivity index (χ4v) is 5.73. The van der Waals surface area contributed by atoms with E-state index in [4.69, 9.17) is 4.42 Å². The average molecular weight is 556 g/mol. The fraction of sp³-hybridized carbons (Fsp3) is 0.345. The summed E-state index contributed by atoms with van der Waals surface area (Å²) in [6, 6.07) is 15.6. The number of aliphatic hydroxyl groups is 1. The van der Waals surface area contributed by atoms with Crippen LogP contribution in [0.15, 0.2) is 70.1 Å². The van der Waals surface area contributed by atoms with Gasteiger partial charge in [0.2, 0.25) is 5.71 Å². The van der Waals surface area contributed by atoms with Gasteiger partial charge >= 0.3 is 12.3 Å². The van der Waals surface area contributed by atoms with Crippen LogP contribution in [0.5, 0.6) is 0 Å². The SMILES string of the molecule is CC(C)(C)N(C(=O)O)[C@]1(c2ccc(-c3oc4ncn(CC(F)(F)F)c(=O)c4c3-c3ccccc3)cc2)C[C@@H](O)C1. The molecule has 4 aromatic rings. The van der Waals surface area contributed by atoms with Crippen LogP contribution in [0, 0.1) is 0 Å². The first-order chi connectivity index (χ1) is 18.7. The van der Waals surface area contributed by atoms with E-state index in [1.807, 2.05) is 0 Å². The standard InChI is InChI=1S/C29H28F3N3O5/c1-27(2,3)35(26(38)39)28(13-20(36)14-28)19-11-9-18(10-12-19)23-21(17-7-5-4-6-8-17)22-24(40-23)33-16-34(25(22)37)15-29(30,31)32/h4-12,16,20,36H,13-15H2,1-3H3,(H,38,39)/t20-,28-. The molecule has 0 radical (unpaired) electrons. The predicted molar refractivity (Wildman–Crippen MR) is 142 cm³/mol. The summed E-state index contributed by atoms with van der Waals surface area (Å²) in [5.74, 6) is 0.246. The zero-order valence-electron chi connectivity index (χ0n) is 22.1. The van der Waals surface area contributed by atoms with Crippen LogP contribution in [0.4, 0.5) is 18.0 Å². The molecule has 2 aromatic carbocycles. The first kappa shape index (κ1) is 27.4. The van der Waals surface area contributed by atoms with E-state index in [0.717, 1.165) is 6.33 Å². The van der Waals surface area contributed by atoms with E-state index in [-0.39, 0.29) is 29.7 Å². The van der Waals surface area contributed by atoms with Gasteiger partial charge in [0.25, 0.3) is 5.56 Å². The van der Waals surface area contributed by atoms with Crippen molar-refractivity contribution in [1.82, 2.24) is 14.5 Å². The van der Waals surface area contributed by atoms with E-state index in [1.54, 1.807) is 75.4 Å². The minimum Gasteiger partial charge on any atom is -0.465 e. The largest absolute Gasteiger partial charge is 0.465 e. The molecule has 8 nitrogen and oxygen atoms in total. The lowest BCUT2D eigenvalue weighted by atomic mass is 9.67. The first-order valence-corrected chi connectivity index (χ1v) is 12.7. The minimum atomic E-state index is -4.61. The van der Waals surface area contributed by atoms with Gasteiger partial charge < -0.3 is 14.6 Å². The van der Waals surface area contributed by atoms with Crippen LogP contribution in [-0.4, -0.2) is 48.6 Å². The molecule has 0 spiro atoms. The van der Waals surface area contributed by atoms with Crippen molar-refractivity contribution in [3.63, 3.8) is 0 Å². The normalized spacial score (nSPS) is 19.4. The second kappa shape index (κ2) is 9.51. The number of benzene rings is 2. The summed E-state index contributed by atoms with van der Waals surface area (Å²) in [5, 5.41) is 20.2. The predicted octanol–water partition coefficient (Wildman–Crippen LogP) is 6.01. The van der Waals surface area contributed by atoms with Gasteiger partial charge in [-0.3, -0.25) is 14.3 Å². The summed E-state index contributed by atoms with van der Waals surface area (Å²) in [5.41, 5.74) is -0.573. The average Bonchev–Trinajstić information content (AvgIpc) is 3.24. The quantitative estimate of drug-likeness (QED) is 0.312. The Hall–Kier alpha value is -4.12. The van der Waals surface area contributed by atoms with Gasteiger partial charge in [-0.05, 0) is 31.9 Å². The molecule has 0 bridgehead atoms. The highest BCUT2D eigenvalue weighted by molar-refractivity contribution is 5.99. The van der Waals surface area contributed by atoms with Crippen molar-refractivity contribution in [2.24, 2.45) is 0 Å². The molecule has 1 aliphatic rings. The Morgan fingerprint density at radius 2 is 1.70 bits per heavy atom. The molecule has 0 unspecified atom stereocenters. The van der Waals surface area contributed by atoms with Crippen molar-refractivity contribution in [3.8, 4) is 22.5 Å². The maximum absolute atomic E-state index is 13.2. The molecular weight excluding hydrogens is 527 g/mol.